The van der Waals surface area contributed by atoms with Gasteiger partial charge in [0.1, 0.15) is 13.2 Å². The van der Waals surface area contributed by atoms with Crippen molar-refractivity contribution in [3.8, 4) is 11.5 Å². The first-order valence-corrected chi connectivity index (χ1v) is 12.3. The Labute approximate surface area is 214 Å². The number of ether oxygens (including phenoxy) is 3. The van der Waals surface area contributed by atoms with Crippen molar-refractivity contribution < 1.29 is 28.6 Å². The molecular formula is C23H21ClINO6S. The largest absolute Gasteiger partial charge is 0.490 e. The highest BCUT2D eigenvalue weighted by Gasteiger charge is 2.36. The van der Waals surface area contributed by atoms with Crippen LogP contribution in [0.25, 0.3) is 6.08 Å². The number of halogens is 2. The maximum atomic E-state index is 12.7. The third-order valence-corrected chi connectivity index (χ3v) is 6.50. The summed E-state index contributed by atoms with van der Waals surface area (Å²) in [7, 11) is 0. The van der Waals surface area contributed by atoms with E-state index in [9.17, 15) is 14.4 Å². The van der Waals surface area contributed by atoms with E-state index in [2.05, 4.69) is 22.6 Å². The molecule has 0 radical (unpaired) electrons. The monoisotopic (exact) mass is 601 g/mol. The lowest BCUT2D eigenvalue weighted by Crippen LogP contribution is -2.34. The van der Waals surface area contributed by atoms with Gasteiger partial charge in [-0.25, -0.2) is 0 Å². The summed E-state index contributed by atoms with van der Waals surface area (Å²) in [6.07, 6.45) is 1.60. The van der Waals surface area contributed by atoms with Crippen LogP contribution < -0.4 is 9.47 Å². The number of amides is 2. The Morgan fingerprint density at radius 3 is 2.61 bits per heavy atom. The summed E-state index contributed by atoms with van der Waals surface area (Å²) in [5, 5.41) is 0.0966. The minimum Gasteiger partial charge on any atom is -0.490 e. The molecule has 10 heteroatoms. The van der Waals surface area contributed by atoms with E-state index in [1.54, 1.807) is 25.1 Å². The first-order chi connectivity index (χ1) is 15.8. The lowest BCUT2D eigenvalue weighted by molar-refractivity contribution is -0.145. The summed E-state index contributed by atoms with van der Waals surface area (Å²) in [4.78, 5) is 37.7. The predicted octanol–water partition coefficient (Wildman–Crippen LogP) is 5.52. The van der Waals surface area contributed by atoms with E-state index in [1.807, 2.05) is 31.2 Å². The second-order valence-electron chi connectivity index (χ2n) is 6.72. The number of hydrogen-bond acceptors (Lipinski definition) is 7. The molecule has 33 heavy (non-hydrogen) atoms. The molecule has 1 aliphatic heterocycles. The molecule has 2 aromatic rings. The normalized spacial score (nSPS) is 14.7. The Balaban J connectivity index is 1.83. The molecule has 0 bridgehead atoms. The molecule has 2 amide bonds. The standard InChI is InChI=1S/C23H21ClINO6S/c1-3-30-18-10-14(9-17(25)21(18)32-13-15-7-5-6-8-16(15)24)11-19-22(28)26(23(29)33-19)12-20(27)31-4-2/h5-11H,3-4,12-13H2,1-2H3/b19-11+. The average Bonchev–Trinajstić information content (AvgIpc) is 3.02. The Morgan fingerprint density at radius 1 is 1.15 bits per heavy atom. The number of benzene rings is 2. The molecule has 0 aromatic heterocycles. The number of esters is 1. The van der Waals surface area contributed by atoms with Gasteiger partial charge in [-0.3, -0.25) is 19.3 Å². The molecular weight excluding hydrogens is 581 g/mol. The van der Waals surface area contributed by atoms with E-state index >= 15 is 0 Å². The third kappa shape index (κ3) is 6.42. The molecule has 0 N–H and O–H groups in total. The molecule has 0 atom stereocenters. The molecule has 1 heterocycles. The summed E-state index contributed by atoms with van der Waals surface area (Å²) in [5.41, 5.74) is 1.51. The Bertz CT molecular complexity index is 1110. The first kappa shape index (κ1) is 25.4. The Morgan fingerprint density at radius 2 is 1.91 bits per heavy atom. The highest BCUT2D eigenvalue weighted by atomic mass is 127. The summed E-state index contributed by atoms with van der Waals surface area (Å²) >= 11 is 9.13. The van der Waals surface area contributed by atoms with Gasteiger partial charge in [0.2, 0.25) is 0 Å². The fourth-order valence-electron chi connectivity index (χ4n) is 2.96. The minimum atomic E-state index is -0.630. The zero-order chi connectivity index (χ0) is 24.0. The van der Waals surface area contributed by atoms with Gasteiger partial charge in [-0.05, 0) is 78.0 Å². The summed E-state index contributed by atoms with van der Waals surface area (Å²) in [5.74, 6) is -0.0993. The van der Waals surface area contributed by atoms with Gasteiger partial charge in [0, 0.05) is 10.6 Å². The molecule has 7 nitrogen and oxygen atoms in total. The number of carbonyl (C=O) groups excluding carboxylic acids is 3. The molecule has 0 aliphatic carbocycles. The van der Waals surface area contributed by atoms with E-state index in [0.29, 0.717) is 28.7 Å². The van der Waals surface area contributed by atoms with Crippen LogP contribution in [0.4, 0.5) is 4.79 Å². The van der Waals surface area contributed by atoms with E-state index in [0.717, 1.165) is 25.8 Å². The molecule has 0 spiro atoms. The Kier molecular flexibility index (Phi) is 9.04. The van der Waals surface area contributed by atoms with Crippen LogP contribution in [0.3, 0.4) is 0 Å². The SMILES string of the molecule is CCOC(=O)CN1C(=O)S/C(=C/c2cc(I)c(OCc3ccccc3Cl)c(OCC)c2)C1=O. The summed E-state index contributed by atoms with van der Waals surface area (Å²) in [6, 6.07) is 11.0. The van der Waals surface area contributed by atoms with Gasteiger partial charge in [0.15, 0.2) is 11.5 Å². The molecule has 1 saturated heterocycles. The van der Waals surface area contributed by atoms with E-state index < -0.39 is 23.7 Å². The first-order valence-electron chi connectivity index (χ1n) is 10.1. The summed E-state index contributed by atoms with van der Waals surface area (Å²) < 4.78 is 17.4. The topological polar surface area (TPSA) is 82.1 Å². The zero-order valence-corrected chi connectivity index (χ0v) is 21.7. The van der Waals surface area contributed by atoms with Gasteiger partial charge >= 0.3 is 5.97 Å². The average molecular weight is 602 g/mol. The number of hydrogen-bond donors (Lipinski definition) is 0. The summed E-state index contributed by atoms with van der Waals surface area (Å²) in [6.45, 7) is 3.96. The number of nitrogens with zero attached hydrogens (tertiary/aromatic N) is 1. The van der Waals surface area contributed by atoms with Crippen molar-refractivity contribution in [1.82, 2.24) is 4.90 Å². The molecule has 0 unspecified atom stereocenters. The maximum Gasteiger partial charge on any atom is 0.326 e. The van der Waals surface area contributed by atoms with Gasteiger partial charge in [-0.1, -0.05) is 29.8 Å². The van der Waals surface area contributed by atoms with E-state index in [1.165, 1.54) is 0 Å². The van der Waals surface area contributed by atoms with Gasteiger partial charge in [0.05, 0.1) is 21.7 Å². The Hall–Kier alpha value is -2.24. The fraction of sp³-hybridized carbons (Fsp3) is 0.261. The molecule has 3 rings (SSSR count). The second-order valence-corrected chi connectivity index (χ2v) is 9.28. The van der Waals surface area contributed by atoms with Gasteiger partial charge in [-0.15, -0.1) is 0 Å². The third-order valence-electron chi connectivity index (χ3n) is 4.43. The quantitative estimate of drug-likeness (QED) is 0.213. The van der Waals surface area contributed by atoms with Crippen LogP contribution in [0, 0.1) is 3.57 Å². The van der Waals surface area contributed by atoms with Crippen LogP contribution in [0.1, 0.15) is 25.0 Å². The van der Waals surface area contributed by atoms with Crippen LogP contribution in [0.5, 0.6) is 11.5 Å². The predicted molar refractivity (Wildman–Crippen MR) is 135 cm³/mol. The van der Waals surface area contributed by atoms with Crippen LogP contribution in [-0.2, 0) is 20.9 Å². The highest BCUT2D eigenvalue weighted by Crippen LogP contribution is 2.38. The lowest BCUT2D eigenvalue weighted by atomic mass is 10.1. The van der Waals surface area contributed by atoms with Crippen LogP contribution in [0.2, 0.25) is 5.02 Å². The van der Waals surface area contributed by atoms with Gasteiger partial charge in [0.25, 0.3) is 11.1 Å². The smallest absolute Gasteiger partial charge is 0.326 e. The van der Waals surface area contributed by atoms with E-state index in [-0.39, 0.29) is 18.1 Å². The van der Waals surface area contributed by atoms with Crippen molar-refractivity contribution in [1.29, 1.82) is 0 Å². The van der Waals surface area contributed by atoms with Crippen molar-refractivity contribution in [2.24, 2.45) is 0 Å². The molecule has 2 aromatic carbocycles. The van der Waals surface area contributed by atoms with Crippen molar-refractivity contribution in [2.75, 3.05) is 19.8 Å². The lowest BCUT2D eigenvalue weighted by Gasteiger charge is -2.15. The highest BCUT2D eigenvalue weighted by molar-refractivity contribution is 14.1. The van der Waals surface area contributed by atoms with Crippen LogP contribution in [-0.4, -0.2) is 41.8 Å². The van der Waals surface area contributed by atoms with Crippen LogP contribution in [0.15, 0.2) is 41.3 Å². The van der Waals surface area contributed by atoms with Gasteiger partial charge < -0.3 is 14.2 Å². The molecule has 174 valence electrons. The number of rotatable bonds is 9. The molecule has 0 saturated carbocycles. The number of carbonyl (C=O) groups is 3. The zero-order valence-electron chi connectivity index (χ0n) is 17.9. The van der Waals surface area contributed by atoms with Crippen molar-refractivity contribution in [3.63, 3.8) is 0 Å². The fourth-order valence-corrected chi connectivity index (χ4v) is 4.77. The van der Waals surface area contributed by atoms with Gasteiger partial charge in [-0.2, -0.15) is 0 Å². The van der Waals surface area contributed by atoms with Crippen molar-refractivity contribution >= 4 is 69.1 Å². The van der Waals surface area contributed by atoms with Crippen molar-refractivity contribution in [2.45, 2.75) is 20.5 Å². The molecule has 1 fully saturated rings. The minimum absolute atomic E-state index is 0.175. The maximum absolute atomic E-state index is 12.7. The van der Waals surface area contributed by atoms with Crippen molar-refractivity contribution in [3.05, 3.63) is 61.0 Å². The van der Waals surface area contributed by atoms with E-state index in [4.69, 9.17) is 25.8 Å². The second kappa shape index (κ2) is 11.8. The number of thioether (sulfide) groups is 1. The number of imide groups is 1. The van der Waals surface area contributed by atoms with Crippen LogP contribution >= 0.6 is 46.0 Å². The molecule has 1 aliphatic rings.